The molecule has 2 rings (SSSR count). The number of ether oxygens (including phenoxy) is 1. The Morgan fingerprint density at radius 3 is 2.58 bits per heavy atom. The molecule has 33 heavy (non-hydrogen) atoms. The fourth-order valence-corrected chi connectivity index (χ4v) is 3.55. The van der Waals surface area contributed by atoms with Gasteiger partial charge in [0.2, 0.25) is 0 Å². The molecular formula is C27H36N4O2. The Hall–Kier alpha value is -3.38. The summed E-state index contributed by atoms with van der Waals surface area (Å²) >= 11 is 0. The number of pyridine rings is 1. The molecule has 0 spiro atoms. The van der Waals surface area contributed by atoms with Crippen LogP contribution in [0.1, 0.15) is 48.4 Å². The first-order valence-corrected chi connectivity index (χ1v) is 11.4. The van der Waals surface area contributed by atoms with Crippen LogP contribution in [0.25, 0.3) is 17.8 Å². The highest BCUT2D eigenvalue weighted by molar-refractivity contribution is 5.92. The average Bonchev–Trinajstić information content (AvgIpc) is 3.37. The van der Waals surface area contributed by atoms with Gasteiger partial charge in [-0.15, -0.1) is 0 Å². The van der Waals surface area contributed by atoms with Crippen LogP contribution in [0.3, 0.4) is 0 Å². The minimum absolute atomic E-state index is 0.0628. The molecule has 0 bridgehead atoms. The van der Waals surface area contributed by atoms with Crippen LogP contribution >= 0.6 is 0 Å². The number of aromatic nitrogens is 2. The predicted molar refractivity (Wildman–Crippen MR) is 138 cm³/mol. The van der Waals surface area contributed by atoms with Crippen molar-refractivity contribution >= 4 is 23.8 Å². The number of allylic oxidation sites excluding steroid dienone is 2. The molecule has 0 saturated heterocycles. The van der Waals surface area contributed by atoms with Gasteiger partial charge in [-0.25, -0.2) is 4.98 Å². The van der Waals surface area contributed by atoms with Crippen molar-refractivity contribution in [3.8, 4) is 0 Å². The molecule has 2 aromatic rings. The fourth-order valence-electron chi connectivity index (χ4n) is 3.55. The normalized spacial score (nSPS) is 11.8. The van der Waals surface area contributed by atoms with Gasteiger partial charge in [0.15, 0.2) is 0 Å². The van der Waals surface area contributed by atoms with E-state index in [0.717, 1.165) is 36.3 Å². The minimum atomic E-state index is -0.0628. The average molecular weight is 449 g/mol. The number of methoxy groups -OCH3 is 1. The summed E-state index contributed by atoms with van der Waals surface area (Å²) in [6.07, 6.45) is 13.2. The summed E-state index contributed by atoms with van der Waals surface area (Å²) in [6, 6.07) is 7.62. The van der Waals surface area contributed by atoms with Gasteiger partial charge in [0.05, 0.1) is 23.7 Å². The summed E-state index contributed by atoms with van der Waals surface area (Å²) in [5.74, 6) is -0.0628. The molecule has 0 aliphatic carbocycles. The van der Waals surface area contributed by atoms with E-state index in [-0.39, 0.29) is 5.91 Å². The van der Waals surface area contributed by atoms with E-state index in [0.29, 0.717) is 31.1 Å². The lowest BCUT2D eigenvalue weighted by atomic mass is 10.1. The van der Waals surface area contributed by atoms with Gasteiger partial charge >= 0.3 is 0 Å². The molecule has 0 unspecified atom stereocenters. The maximum atomic E-state index is 13.1. The Bertz CT molecular complexity index is 974. The minimum Gasteiger partial charge on any atom is -0.383 e. The van der Waals surface area contributed by atoms with Crippen molar-refractivity contribution in [1.82, 2.24) is 19.8 Å². The van der Waals surface area contributed by atoms with E-state index in [1.54, 1.807) is 25.3 Å². The SMILES string of the molecule is C=Cc1ccc(C(=O)N(CCC)CCCNC(=C/COC)/C(=C\C)n2cccc2)nc1C=C. The number of hydrogen-bond acceptors (Lipinski definition) is 4. The standard InChI is InChI=1S/C27H36N4O2/c1-6-17-31(27(32)25-14-13-22(7-2)23(8-3)29-25)20-12-16-28-24(15-21-33-5)26(9-4)30-18-10-11-19-30/h7-11,13-15,18-19,28H,2-3,6,12,16-17,20-21H2,1,4-5H3/b24-15+,26-9+. The van der Waals surface area contributed by atoms with Crippen molar-refractivity contribution < 1.29 is 9.53 Å². The first-order chi connectivity index (χ1) is 16.1. The van der Waals surface area contributed by atoms with Crippen LogP contribution in [0, 0.1) is 0 Å². The Morgan fingerprint density at radius 1 is 1.21 bits per heavy atom. The van der Waals surface area contributed by atoms with Crippen molar-refractivity contribution in [3.05, 3.63) is 84.6 Å². The summed E-state index contributed by atoms with van der Waals surface area (Å²) in [5, 5.41) is 3.52. The van der Waals surface area contributed by atoms with Gasteiger partial charge in [0.25, 0.3) is 5.91 Å². The lowest BCUT2D eigenvalue weighted by Crippen LogP contribution is -2.35. The number of hydrogen-bond donors (Lipinski definition) is 1. The zero-order chi connectivity index (χ0) is 24.1. The number of amides is 1. The monoisotopic (exact) mass is 448 g/mol. The number of nitrogens with zero attached hydrogens (tertiary/aromatic N) is 3. The molecule has 0 radical (unpaired) electrons. The second kappa shape index (κ2) is 13.9. The predicted octanol–water partition coefficient (Wildman–Crippen LogP) is 5.09. The van der Waals surface area contributed by atoms with E-state index in [2.05, 4.69) is 41.0 Å². The van der Waals surface area contributed by atoms with Gasteiger partial charge in [0.1, 0.15) is 5.69 Å². The molecule has 176 valence electrons. The number of rotatable bonds is 14. The molecule has 2 aromatic heterocycles. The second-order valence-corrected chi connectivity index (χ2v) is 7.49. The molecular weight excluding hydrogens is 412 g/mol. The highest BCUT2D eigenvalue weighted by Gasteiger charge is 2.17. The van der Waals surface area contributed by atoms with Gasteiger partial charge in [-0.2, -0.15) is 0 Å². The van der Waals surface area contributed by atoms with Crippen molar-refractivity contribution in [1.29, 1.82) is 0 Å². The van der Waals surface area contributed by atoms with Crippen LogP contribution in [0.2, 0.25) is 0 Å². The summed E-state index contributed by atoms with van der Waals surface area (Å²) < 4.78 is 7.32. The topological polar surface area (TPSA) is 59.4 Å². The third-order valence-electron chi connectivity index (χ3n) is 5.18. The van der Waals surface area contributed by atoms with Crippen LogP contribution in [0.5, 0.6) is 0 Å². The third kappa shape index (κ3) is 7.32. The van der Waals surface area contributed by atoms with Gasteiger partial charge in [-0.05, 0) is 55.7 Å². The Balaban J connectivity index is 2.04. The van der Waals surface area contributed by atoms with Crippen molar-refractivity contribution in [2.24, 2.45) is 0 Å². The van der Waals surface area contributed by atoms with Crippen LogP contribution in [0.4, 0.5) is 0 Å². The molecule has 6 nitrogen and oxygen atoms in total. The third-order valence-corrected chi connectivity index (χ3v) is 5.18. The van der Waals surface area contributed by atoms with Crippen LogP contribution in [-0.4, -0.2) is 53.7 Å². The molecule has 1 amide bonds. The van der Waals surface area contributed by atoms with Crippen LogP contribution < -0.4 is 5.32 Å². The number of carbonyl (C=O) groups is 1. The summed E-state index contributed by atoms with van der Waals surface area (Å²) in [7, 11) is 1.68. The summed E-state index contributed by atoms with van der Waals surface area (Å²) in [6.45, 7) is 14.2. The molecule has 6 heteroatoms. The smallest absolute Gasteiger partial charge is 0.272 e. The van der Waals surface area contributed by atoms with Crippen molar-refractivity contribution in [2.75, 3.05) is 33.4 Å². The zero-order valence-corrected chi connectivity index (χ0v) is 20.1. The van der Waals surface area contributed by atoms with Crippen LogP contribution in [-0.2, 0) is 4.74 Å². The molecule has 0 aromatic carbocycles. The van der Waals surface area contributed by atoms with E-state index in [1.807, 2.05) is 48.5 Å². The number of nitrogens with one attached hydrogen (secondary N) is 1. The van der Waals surface area contributed by atoms with E-state index in [9.17, 15) is 4.79 Å². The fraction of sp³-hybridized carbons (Fsp3) is 0.333. The first kappa shape index (κ1) is 25.9. The molecule has 0 saturated carbocycles. The highest BCUT2D eigenvalue weighted by atomic mass is 16.5. The Labute approximate surface area is 198 Å². The second-order valence-electron chi connectivity index (χ2n) is 7.49. The number of carbonyl (C=O) groups excluding carboxylic acids is 1. The van der Waals surface area contributed by atoms with E-state index in [1.165, 1.54) is 0 Å². The van der Waals surface area contributed by atoms with E-state index < -0.39 is 0 Å². The Kier molecular flexibility index (Phi) is 10.9. The van der Waals surface area contributed by atoms with Gasteiger partial charge in [-0.1, -0.05) is 38.3 Å². The molecule has 0 fully saturated rings. The van der Waals surface area contributed by atoms with Gasteiger partial charge < -0.3 is 19.5 Å². The van der Waals surface area contributed by atoms with Crippen LogP contribution in [0.15, 0.2) is 67.7 Å². The Morgan fingerprint density at radius 2 is 1.97 bits per heavy atom. The quantitative estimate of drug-likeness (QED) is 0.323. The van der Waals surface area contributed by atoms with Crippen molar-refractivity contribution in [2.45, 2.75) is 26.7 Å². The highest BCUT2D eigenvalue weighted by Crippen LogP contribution is 2.15. The molecule has 0 atom stereocenters. The zero-order valence-electron chi connectivity index (χ0n) is 20.1. The van der Waals surface area contributed by atoms with E-state index >= 15 is 0 Å². The lowest BCUT2D eigenvalue weighted by Gasteiger charge is -2.23. The molecule has 0 aliphatic rings. The van der Waals surface area contributed by atoms with Crippen molar-refractivity contribution in [3.63, 3.8) is 0 Å². The van der Waals surface area contributed by atoms with Gasteiger partial charge in [-0.3, -0.25) is 4.79 Å². The lowest BCUT2D eigenvalue weighted by molar-refractivity contribution is 0.0748. The van der Waals surface area contributed by atoms with E-state index in [4.69, 9.17) is 4.74 Å². The largest absolute Gasteiger partial charge is 0.383 e. The summed E-state index contributed by atoms with van der Waals surface area (Å²) in [4.78, 5) is 19.5. The van der Waals surface area contributed by atoms with Gasteiger partial charge in [0, 0.05) is 39.1 Å². The molecule has 1 N–H and O–H groups in total. The maximum Gasteiger partial charge on any atom is 0.272 e. The molecule has 2 heterocycles. The first-order valence-electron chi connectivity index (χ1n) is 11.4. The summed E-state index contributed by atoms with van der Waals surface area (Å²) in [5.41, 5.74) is 4.03. The molecule has 0 aliphatic heterocycles. The maximum absolute atomic E-state index is 13.1.